The number of hydrogen-bond acceptors (Lipinski definition) is 3. The van der Waals surface area contributed by atoms with Crippen LogP contribution in [-0.4, -0.2) is 19.0 Å². The number of halogens is 1. The van der Waals surface area contributed by atoms with E-state index in [1.807, 2.05) is 0 Å². The van der Waals surface area contributed by atoms with Gasteiger partial charge in [-0.15, -0.1) is 0 Å². The maximum absolute atomic E-state index is 11.1. The lowest BCUT2D eigenvalue weighted by Gasteiger charge is -2.10. The van der Waals surface area contributed by atoms with E-state index in [1.54, 1.807) is 25.3 Å². The fraction of sp³-hybridized carbons (Fsp3) is 0.417. The molecule has 88 valence electrons. The van der Waals surface area contributed by atoms with E-state index in [9.17, 15) is 4.79 Å². The zero-order valence-electron chi connectivity index (χ0n) is 9.46. The van der Waals surface area contributed by atoms with Gasteiger partial charge in [0.15, 0.2) is 0 Å². The van der Waals surface area contributed by atoms with Crippen LogP contribution in [0, 0.1) is 0 Å². The lowest BCUT2D eigenvalue weighted by Crippen LogP contribution is -2.02. The summed E-state index contributed by atoms with van der Waals surface area (Å²) in [7, 11) is 1.56. The molecule has 16 heavy (non-hydrogen) atoms. The number of benzene rings is 1. The molecule has 1 aromatic carbocycles. The quantitative estimate of drug-likeness (QED) is 0.567. The second-order valence-corrected chi connectivity index (χ2v) is 3.68. The van der Waals surface area contributed by atoms with Gasteiger partial charge in [-0.2, -0.15) is 0 Å². The Balaban J connectivity index is 2.87. The van der Waals surface area contributed by atoms with Gasteiger partial charge in [0.25, 0.3) is 5.24 Å². The number of ether oxygens (including phenoxy) is 2. The van der Waals surface area contributed by atoms with E-state index in [0.29, 0.717) is 23.7 Å². The van der Waals surface area contributed by atoms with Gasteiger partial charge in [0.1, 0.15) is 11.5 Å². The van der Waals surface area contributed by atoms with Gasteiger partial charge in [-0.1, -0.05) is 13.3 Å². The Hall–Kier alpha value is -1.22. The van der Waals surface area contributed by atoms with Crippen molar-refractivity contribution in [3.8, 4) is 11.5 Å². The van der Waals surface area contributed by atoms with Crippen molar-refractivity contribution in [1.82, 2.24) is 0 Å². The van der Waals surface area contributed by atoms with Crippen LogP contribution in [0.5, 0.6) is 11.5 Å². The zero-order valence-corrected chi connectivity index (χ0v) is 10.2. The van der Waals surface area contributed by atoms with Crippen LogP contribution in [0.25, 0.3) is 0 Å². The molecule has 0 N–H and O–H groups in total. The van der Waals surface area contributed by atoms with Crippen molar-refractivity contribution in [3.05, 3.63) is 23.8 Å². The molecular weight excluding hydrogens is 228 g/mol. The molecule has 0 atom stereocenters. The summed E-state index contributed by atoms with van der Waals surface area (Å²) in [5.41, 5.74) is 0.374. The Kier molecular flexibility index (Phi) is 5.12. The van der Waals surface area contributed by atoms with Gasteiger partial charge in [-0.25, -0.2) is 0 Å². The minimum Gasteiger partial charge on any atom is -0.497 e. The van der Waals surface area contributed by atoms with Crippen LogP contribution in [0.2, 0.25) is 0 Å². The first-order valence-corrected chi connectivity index (χ1v) is 5.57. The van der Waals surface area contributed by atoms with Gasteiger partial charge in [0, 0.05) is 6.07 Å². The molecule has 0 bridgehead atoms. The number of rotatable bonds is 6. The topological polar surface area (TPSA) is 35.5 Å². The first-order chi connectivity index (χ1) is 7.69. The molecule has 0 aliphatic carbocycles. The number of unbranched alkanes of at least 4 members (excludes halogenated alkanes) is 1. The van der Waals surface area contributed by atoms with Gasteiger partial charge in [0.05, 0.1) is 19.3 Å². The molecule has 0 saturated heterocycles. The summed E-state index contributed by atoms with van der Waals surface area (Å²) in [6.07, 6.45) is 1.97. The summed E-state index contributed by atoms with van der Waals surface area (Å²) < 4.78 is 10.6. The molecular formula is C12H15ClO3. The fourth-order valence-electron chi connectivity index (χ4n) is 1.24. The van der Waals surface area contributed by atoms with Gasteiger partial charge in [0.2, 0.25) is 0 Å². The summed E-state index contributed by atoms with van der Waals surface area (Å²) in [5.74, 6) is 1.13. The minimum absolute atomic E-state index is 0.374. The van der Waals surface area contributed by atoms with Gasteiger partial charge in [-0.3, -0.25) is 4.79 Å². The monoisotopic (exact) mass is 242 g/mol. The summed E-state index contributed by atoms with van der Waals surface area (Å²) in [6, 6.07) is 4.96. The summed E-state index contributed by atoms with van der Waals surface area (Å²) >= 11 is 5.46. The highest BCUT2D eigenvalue weighted by atomic mass is 35.5. The highest BCUT2D eigenvalue weighted by molar-refractivity contribution is 6.68. The van der Waals surface area contributed by atoms with Gasteiger partial charge < -0.3 is 9.47 Å². The van der Waals surface area contributed by atoms with Gasteiger partial charge >= 0.3 is 0 Å². The largest absolute Gasteiger partial charge is 0.497 e. The maximum Gasteiger partial charge on any atom is 0.256 e. The SMILES string of the molecule is CCCCOc1cc(OC)ccc1C(=O)Cl. The number of hydrogen-bond donors (Lipinski definition) is 0. The standard InChI is InChI=1S/C12H15ClO3/c1-3-4-7-16-11-8-9(15-2)5-6-10(11)12(13)14/h5-6,8H,3-4,7H2,1-2H3. The van der Waals surface area contributed by atoms with Crippen LogP contribution in [0.15, 0.2) is 18.2 Å². The van der Waals surface area contributed by atoms with E-state index in [0.717, 1.165) is 12.8 Å². The van der Waals surface area contributed by atoms with Crippen LogP contribution in [-0.2, 0) is 0 Å². The van der Waals surface area contributed by atoms with Crippen molar-refractivity contribution in [2.45, 2.75) is 19.8 Å². The third-order valence-corrected chi connectivity index (χ3v) is 2.36. The van der Waals surface area contributed by atoms with Crippen molar-refractivity contribution < 1.29 is 14.3 Å². The smallest absolute Gasteiger partial charge is 0.256 e. The third-order valence-electron chi connectivity index (χ3n) is 2.16. The Morgan fingerprint density at radius 2 is 2.19 bits per heavy atom. The lowest BCUT2D eigenvalue weighted by molar-refractivity contribution is 0.107. The Labute approximate surface area is 100 Å². The molecule has 0 aromatic heterocycles. The molecule has 0 fully saturated rings. The van der Waals surface area contributed by atoms with E-state index in [2.05, 4.69) is 6.92 Å². The first kappa shape index (κ1) is 12.8. The average molecular weight is 243 g/mol. The lowest BCUT2D eigenvalue weighted by atomic mass is 10.2. The fourth-order valence-corrected chi connectivity index (χ4v) is 1.39. The molecule has 0 aliphatic rings. The third kappa shape index (κ3) is 3.42. The Morgan fingerprint density at radius 3 is 2.75 bits per heavy atom. The second-order valence-electron chi connectivity index (χ2n) is 3.34. The van der Waals surface area contributed by atoms with E-state index < -0.39 is 5.24 Å². The van der Waals surface area contributed by atoms with Crippen LogP contribution >= 0.6 is 11.6 Å². The van der Waals surface area contributed by atoms with Crippen LogP contribution in [0.4, 0.5) is 0 Å². The predicted molar refractivity (Wildman–Crippen MR) is 63.6 cm³/mol. The number of methoxy groups -OCH3 is 1. The molecule has 0 amide bonds. The Morgan fingerprint density at radius 1 is 1.44 bits per heavy atom. The summed E-state index contributed by atoms with van der Waals surface area (Å²) in [5, 5.41) is -0.519. The van der Waals surface area contributed by atoms with Crippen molar-refractivity contribution in [2.75, 3.05) is 13.7 Å². The van der Waals surface area contributed by atoms with Crippen molar-refractivity contribution in [3.63, 3.8) is 0 Å². The molecule has 3 nitrogen and oxygen atoms in total. The molecule has 0 unspecified atom stereocenters. The summed E-state index contributed by atoms with van der Waals surface area (Å²) in [6.45, 7) is 2.64. The average Bonchev–Trinajstić information content (AvgIpc) is 2.29. The van der Waals surface area contributed by atoms with Gasteiger partial charge in [-0.05, 0) is 30.2 Å². The van der Waals surface area contributed by atoms with Crippen LogP contribution in [0.1, 0.15) is 30.1 Å². The molecule has 0 aliphatic heterocycles. The van der Waals surface area contributed by atoms with Crippen molar-refractivity contribution in [2.24, 2.45) is 0 Å². The van der Waals surface area contributed by atoms with E-state index in [4.69, 9.17) is 21.1 Å². The number of carbonyl (C=O) groups excluding carboxylic acids is 1. The summed E-state index contributed by atoms with van der Waals surface area (Å²) in [4.78, 5) is 11.1. The molecule has 0 spiro atoms. The van der Waals surface area contributed by atoms with Crippen molar-refractivity contribution >= 4 is 16.8 Å². The predicted octanol–water partition coefficient (Wildman–Crippen LogP) is 3.25. The highest BCUT2D eigenvalue weighted by Gasteiger charge is 2.11. The van der Waals surface area contributed by atoms with Crippen LogP contribution < -0.4 is 9.47 Å². The van der Waals surface area contributed by atoms with E-state index >= 15 is 0 Å². The van der Waals surface area contributed by atoms with Crippen molar-refractivity contribution in [1.29, 1.82) is 0 Å². The van der Waals surface area contributed by atoms with E-state index in [-0.39, 0.29) is 0 Å². The normalized spacial score (nSPS) is 9.94. The highest BCUT2D eigenvalue weighted by Crippen LogP contribution is 2.26. The Bertz CT molecular complexity index is 363. The molecule has 0 saturated carbocycles. The minimum atomic E-state index is -0.519. The molecule has 4 heteroatoms. The number of carbonyl (C=O) groups is 1. The zero-order chi connectivity index (χ0) is 12.0. The molecule has 0 heterocycles. The molecule has 1 aromatic rings. The first-order valence-electron chi connectivity index (χ1n) is 5.19. The molecule has 0 radical (unpaired) electrons. The second kappa shape index (κ2) is 6.38. The van der Waals surface area contributed by atoms with Crippen LogP contribution in [0.3, 0.4) is 0 Å². The maximum atomic E-state index is 11.1. The van der Waals surface area contributed by atoms with E-state index in [1.165, 1.54) is 0 Å². The molecule has 1 rings (SSSR count).